The smallest absolute Gasteiger partial charge is 0.281 e. The maximum atomic E-state index is 13.4. The summed E-state index contributed by atoms with van der Waals surface area (Å²) in [6.45, 7) is 3.92. The first-order valence-corrected chi connectivity index (χ1v) is 10.0. The van der Waals surface area contributed by atoms with E-state index in [9.17, 15) is 18.4 Å². The van der Waals surface area contributed by atoms with Crippen LogP contribution in [0.1, 0.15) is 53.5 Å². The van der Waals surface area contributed by atoms with Crippen molar-refractivity contribution in [3.63, 3.8) is 0 Å². The van der Waals surface area contributed by atoms with Gasteiger partial charge >= 0.3 is 0 Å². The highest BCUT2D eigenvalue weighted by atomic mass is 35.5. The third kappa shape index (κ3) is 5.75. The molecule has 0 saturated carbocycles. The van der Waals surface area contributed by atoms with Gasteiger partial charge in [0.15, 0.2) is 5.96 Å². The minimum Gasteiger partial charge on any atom is -0.352 e. The molecule has 1 unspecified atom stereocenters. The molecular weight excluding hydrogens is 428 g/mol. The molecule has 1 aliphatic rings. The van der Waals surface area contributed by atoms with Gasteiger partial charge in [0, 0.05) is 23.7 Å². The first-order chi connectivity index (χ1) is 14.7. The summed E-state index contributed by atoms with van der Waals surface area (Å²) in [4.78, 5) is 32.4. The molecule has 0 radical (unpaired) electrons. The zero-order valence-electron chi connectivity index (χ0n) is 17.0. The Balaban J connectivity index is 1.70. The maximum Gasteiger partial charge on any atom is 0.281 e. The number of nitrogens with zero attached hydrogens (tertiary/aromatic N) is 2. The van der Waals surface area contributed by atoms with Crippen molar-refractivity contribution < 1.29 is 18.4 Å². The monoisotopic (exact) mass is 449 g/mol. The van der Waals surface area contributed by atoms with E-state index in [-0.39, 0.29) is 35.9 Å². The predicted octanol–water partition coefficient (Wildman–Crippen LogP) is 3.38. The number of aliphatic imine (C=N–C) groups is 1. The Morgan fingerprint density at radius 3 is 2.61 bits per heavy atom. The Morgan fingerprint density at radius 1 is 1.26 bits per heavy atom. The SMILES string of the molecule is CC(C)C(=O)NCc1cnc(C(F)F)c(C(=O)NC2=NCC(c3ccc(Cl)cc3)N2)c1. The molecule has 31 heavy (non-hydrogen) atoms. The molecule has 7 nitrogen and oxygen atoms in total. The lowest BCUT2D eigenvalue weighted by molar-refractivity contribution is -0.124. The minimum absolute atomic E-state index is 0.0750. The van der Waals surface area contributed by atoms with Crippen LogP contribution in [0.15, 0.2) is 41.5 Å². The van der Waals surface area contributed by atoms with E-state index in [1.54, 1.807) is 26.0 Å². The fourth-order valence-corrected chi connectivity index (χ4v) is 3.06. The average molecular weight is 450 g/mol. The molecule has 2 amide bonds. The molecule has 1 aromatic heterocycles. The van der Waals surface area contributed by atoms with Gasteiger partial charge in [-0.3, -0.25) is 24.9 Å². The van der Waals surface area contributed by atoms with E-state index >= 15 is 0 Å². The molecule has 1 aliphatic heterocycles. The molecule has 10 heteroatoms. The van der Waals surface area contributed by atoms with Crippen LogP contribution in [0.5, 0.6) is 0 Å². The Bertz CT molecular complexity index is 996. The van der Waals surface area contributed by atoms with Crippen molar-refractivity contribution >= 4 is 29.4 Å². The normalized spacial score (nSPS) is 15.6. The Labute approximate surface area is 183 Å². The van der Waals surface area contributed by atoms with E-state index in [2.05, 4.69) is 25.9 Å². The molecule has 1 aromatic carbocycles. The fourth-order valence-electron chi connectivity index (χ4n) is 2.94. The highest BCUT2D eigenvalue weighted by molar-refractivity contribution is 6.30. The van der Waals surface area contributed by atoms with Gasteiger partial charge in [-0.05, 0) is 29.3 Å². The van der Waals surface area contributed by atoms with Crippen molar-refractivity contribution in [2.24, 2.45) is 10.9 Å². The van der Waals surface area contributed by atoms with E-state index in [4.69, 9.17) is 11.6 Å². The number of pyridine rings is 1. The van der Waals surface area contributed by atoms with Crippen LogP contribution in [-0.4, -0.2) is 29.3 Å². The lowest BCUT2D eigenvalue weighted by Gasteiger charge is -2.14. The van der Waals surface area contributed by atoms with E-state index in [0.717, 1.165) is 5.56 Å². The summed E-state index contributed by atoms with van der Waals surface area (Å²) in [6.07, 6.45) is -1.71. The number of benzene rings is 1. The Morgan fingerprint density at radius 2 is 1.97 bits per heavy atom. The van der Waals surface area contributed by atoms with Crippen LogP contribution in [0.3, 0.4) is 0 Å². The second kappa shape index (κ2) is 9.82. The summed E-state index contributed by atoms with van der Waals surface area (Å²) in [6, 6.07) is 8.31. The highest BCUT2D eigenvalue weighted by Crippen LogP contribution is 2.22. The van der Waals surface area contributed by atoms with E-state index in [1.807, 2.05) is 12.1 Å². The van der Waals surface area contributed by atoms with E-state index in [1.165, 1.54) is 12.3 Å². The van der Waals surface area contributed by atoms with E-state index < -0.39 is 18.0 Å². The number of carbonyl (C=O) groups is 2. The number of alkyl halides is 2. The molecule has 0 saturated heterocycles. The molecular formula is C21H22ClF2N5O2. The molecule has 0 aliphatic carbocycles. The van der Waals surface area contributed by atoms with Gasteiger partial charge < -0.3 is 10.6 Å². The van der Waals surface area contributed by atoms with Crippen molar-refractivity contribution in [2.45, 2.75) is 32.9 Å². The summed E-state index contributed by atoms with van der Waals surface area (Å²) < 4.78 is 26.8. The third-order valence-electron chi connectivity index (χ3n) is 4.66. The second-order valence-corrected chi connectivity index (χ2v) is 7.78. The van der Waals surface area contributed by atoms with Crippen LogP contribution in [0.4, 0.5) is 8.78 Å². The van der Waals surface area contributed by atoms with Gasteiger partial charge in [-0.15, -0.1) is 0 Å². The summed E-state index contributed by atoms with van der Waals surface area (Å²) >= 11 is 5.90. The summed E-state index contributed by atoms with van der Waals surface area (Å²) in [5.74, 6) is -0.996. The van der Waals surface area contributed by atoms with Gasteiger partial charge in [0.2, 0.25) is 5.91 Å². The summed E-state index contributed by atoms with van der Waals surface area (Å²) in [7, 11) is 0. The van der Waals surface area contributed by atoms with Gasteiger partial charge in [0.25, 0.3) is 12.3 Å². The van der Waals surface area contributed by atoms with Gasteiger partial charge in [0.1, 0.15) is 5.69 Å². The molecule has 0 bridgehead atoms. The third-order valence-corrected chi connectivity index (χ3v) is 4.92. The van der Waals surface area contributed by atoms with Crippen LogP contribution in [-0.2, 0) is 11.3 Å². The lowest BCUT2D eigenvalue weighted by Crippen LogP contribution is -2.39. The quantitative estimate of drug-likeness (QED) is 0.630. The summed E-state index contributed by atoms with van der Waals surface area (Å²) in [5.41, 5.74) is 0.453. The number of carbonyl (C=O) groups excluding carboxylic acids is 2. The van der Waals surface area contributed by atoms with Gasteiger partial charge in [-0.1, -0.05) is 37.6 Å². The molecule has 0 spiro atoms. The Hall–Kier alpha value is -3.07. The van der Waals surface area contributed by atoms with Crippen LogP contribution in [0.2, 0.25) is 5.02 Å². The van der Waals surface area contributed by atoms with Crippen LogP contribution in [0, 0.1) is 5.92 Å². The number of nitrogens with one attached hydrogen (secondary N) is 3. The molecule has 0 fully saturated rings. The van der Waals surface area contributed by atoms with E-state index in [0.29, 0.717) is 17.1 Å². The number of rotatable bonds is 6. The van der Waals surface area contributed by atoms with Crippen LogP contribution < -0.4 is 16.0 Å². The first-order valence-electron chi connectivity index (χ1n) is 9.67. The standard InChI is InChI=1S/C21H22ClF2N5O2/c1-11(2)19(30)26-9-12-7-15(17(18(23)24)25-8-12)20(31)29-21-27-10-16(28-21)13-3-5-14(22)6-4-13/h3-8,11,16,18H,9-10H2,1-2H3,(H,26,30)(H2,27,28,29,31). The van der Waals surface area contributed by atoms with Crippen LogP contribution >= 0.6 is 11.6 Å². The molecule has 2 heterocycles. The number of aromatic nitrogens is 1. The number of guanidine groups is 1. The van der Waals surface area contributed by atoms with Crippen molar-refractivity contribution in [3.05, 3.63) is 63.9 Å². The number of halogens is 3. The minimum atomic E-state index is -2.93. The fraction of sp³-hybridized carbons (Fsp3) is 0.333. The average Bonchev–Trinajstić information content (AvgIpc) is 3.20. The predicted molar refractivity (Wildman–Crippen MR) is 113 cm³/mol. The Kier molecular flexibility index (Phi) is 7.17. The molecule has 2 aromatic rings. The number of hydrogen-bond donors (Lipinski definition) is 3. The summed E-state index contributed by atoms with van der Waals surface area (Å²) in [5, 5.41) is 8.85. The molecule has 3 N–H and O–H groups in total. The van der Waals surface area contributed by atoms with Crippen molar-refractivity contribution in [1.82, 2.24) is 20.9 Å². The van der Waals surface area contributed by atoms with Gasteiger partial charge in [0.05, 0.1) is 18.2 Å². The molecule has 164 valence electrons. The first kappa shape index (κ1) is 22.6. The zero-order chi connectivity index (χ0) is 22.5. The number of amides is 2. The lowest BCUT2D eigenvalue weighted by atomic mass is 10.1. The molecule has 3 rings (SSSR count). The maximum absolute atomic E-state index is 13.4. The molecule has 1 atom stereocenters. The largest absolute Gasteiger partial charge is 0.352 e. The number of hydrogen-bond acceptors (Lipinski definition) is 5. The zero-order valence-corrected chi connectivity index (χ0v) is 17.7. The topological polar surface area (TPSA) is 95.5 Å². The van der Waals surface area contributed by atoms with Crippen molar-refractivity contribution in [2.75, 3.05) is 6.54 Å². The van der Waals surface area contributed by atoms with Crippen molar-refractivity contribution in [3.8, 4) is 0 Å². The van der Waals surface area contributed by atoms with Crippen LogP contribution in [0.25, 0.3) is 0 Å². The highest BCUT2D eigenvalue weighted by Gasteiger charge is 2.25. The second-order valence-electron chi connectivity index (χ2n) is 7.34. The van der Waals surface area contributed by atoms with Gasteiger partial charge in [-0.25, -0.2) is 8.78 Å². The van der Waals surface area contributed by atoms with Crippen molar-refractivity contribution in [1.29, 1.82) is 0 Å². The van der Waals surface area contributed by atoms with Gasteiger partial charge in [-0.2, -0.15) is 0 Å².